The van der Waals surface area contributed by atoms with Gasteiger partial charge in [-0.2, -0.15) is 0 Å². The van der Waals surface area contributed by atoms with Gasteiger partial charge in [0.1, 0.15) is 6.10 Å². The first-order valence-electron chi connectivity index (χ1n) is 6.61. The standard InChI is InChI=1S/C15H21BrO2/c1-4-15(5-2)13(16)10-14(15)18-12-9-7-6-8-11(12)17-3/h6-9,13-14H,4-5,10H2,1-3H3. The van der Waals surface area contributed by atoms with Crippen LogP contribution >= 0.6 is 15.9 Å². The predicted molar refractivity (Wildman–Crippen MR) is 77.8 cm³/mol. The smallest absolute Gasteiger partial charge is 0.161 e. The maximum Gasteiger partial charge on any atom is 0.161 e. The van der Waals surface area contributed by atoms with E-state index < -0.39 is 0 Å². The Kier molecular flexibility index (Phi) is 4.21. The van der Waals surface area contributed by atoms with Crippen LogP contribution in [0, 0.1) is 5.41 Å². The minimum atomic E-state index is 0.265. The van der Waals surface area contributed by atoms with Crippen LogP contribution in [0.15, 0.2) is 24.3 Å². The molecule has 3 heteroatoms. The van der Waals surface area contributed by atoms with Gasteiger partial charge in [0.15, 0.2) is 11.5 Å². The molecule has 0 bridgehead atoms. The van der Waals surface area contributed by atoms with Gasteiger partial charge in [-0.05, 0) is 31.4 Å². The second kappa shape index (κ2) is 5.52. The van der Waals surface area contributed by atoms with E-state index in [2.05, 4.69) is 29.8 Å². The van der Waals surface area contributed by atoms with Crippen molar-refractivity contribution < 1.29 is 9.47 Å². The van der Waals surface area contributed by atoms with Crippen molar-refractivity contribution in [1.29, 1.82) is 0 Å². The second-order valence-corrected chi connectivity index (χ2v) is 6.01. The zero-order valence-electron chi connectivity index (χ0n) is 11.3. The van der Waals surface area contributed by atoms with Crippen molar-refractivity contribution >= 4 is 15.9 Å². The van der Waals surface area contributed by atoms with Crippen LogP contribution in [0.3, 0.4) is 0 Å². The van der Waals surface area contributed by atoms with Crippen LogP contribution in [0.1, 0.15) is 33.1 Å². The molecule has 1 aliphatic rings. The van der Waals surface area contributed by atoms with E-state index in [9.17, 15) is 0 Å². The summed E-state index contributed by atoms with van der Waals surface area (Å²) in [6.07, 6.45) is 3.63. The molecule has 100 valence electrons. The van der Waals surface area contributed by atoms with E-state index >= 15 is 0 Å². The highest BCUT2D eigenvalue weighted by atomic mass is 79.9. The SMILES string of the molecule is CCC1(CC)C(Br)CC1Oc1ccccc1OC. The van der Waals surface area contributed by atoms with E-state index in [1.807, 2.05) is 24.3 Å². The van der Waals surface area contributed by atoms with Crippen molar-refractivity contribution in [1.82, 2.24) is 0 Å². The van der Waals surface area contributed by atoms with Gasteiger partial charge in [-0.25, -0.2) is 0 Å². The van der Waals surface area contributed by atoms with Crippen LogP contribution < -0.4 is 9.47 Å². The van der Waals surface area contributed by atoms with Crippen LogP contribution in [-0.2, 0) is 0 Å². The molecule has 1 fully saturated rings. The van der Waals surface area contributed by atoms with Gasteiger partial charge in [-0.15, -0.1) is 0 Å². The van der Waals surface area contributed by atoms with Gasteiger partial charge >= 0.3 is 0 Å². The van der Waals surface area contributed by atoms with E-state index in [1.54, 1.807) is 7.11 Å². The maximum atomic E-state index is 6.19. The molecule has 0 saturated heterocycles. The summed E-state index contributed by atoms with van der Waals surface area (Å²) in [5, 5.41) is 0. The summed E-state index contributed by atoms with van der Waals surface area (Å²) in [4.78, 5) is 0.569. The zero-order valence-corrected chi connectivity index (χ0v) is 12.9. The van der Waals surface area contributed by atoms with Crippen LogP contribution in [0.2, 0.25) is 0 Å². The van der Waals surface area contributed by atoms with Crippen molar-refractivity contribution in [2.24, 2.45) is 5.41 Å². The molecule has 0 aromatic heterocycles. The van der Waals surface area contributed by atoms with Crippen molar-refractivity contribution in [2.45, 2.75) is 44.0 Å². The highest BCUT2D eigenvalue weighted by Crippen LogP contribution is 2.53. The van der Waals surface area contributed by atoms with Crippen molar-refractivity contribution in [2.75, 3.05) is 7.11 Å². The first kappa shape index (κ1) is 13.7. The lowest BCUT2D eigenvalue weighted by molar-refractivity contribution is -0.0421. The number of halogens is 1. The largest absolute Gasteiger partial charge is 0.493 e. The van der Waals surface area contributed by atoms with Gasteiger partial charge in [0.25, 0.3) is 0 Å². The number of methoxy groups -OCH3 is 1. The maximum absolute atomic E-state index is 6.19. The Morgan fingerprint density at radius 2 is 1.83 bits per heavy atom. The molecule has 0 amide bonds. The topological polar surface area (TPSA) is 18.5 Å². The lowest BCUT2D eigenvalue weighted by atomic mass is 9.62. The average molecular weight is 313 g/mol. The molecule has 1 saturated carbocycles. The molecule has 2 unspecified atom stereocenters. The summed E-state index contributed by atoms with van der Waals surface area (Å²) in [6.45, 7) is 4.49. The summed E-state index contributed by atoms with van der Waals surface area (Å²) in [5.74, 6) is 1.67. The average Bonchev–Trinajstić information content (AvgIpc) is 2.40. The van der Waals surface area contributed by atoms with E-state index in [4.69, 9.17) is 9.47 Å². The van der Waals surface area contributed by atoms with E-state index in [0.29, 0.717) is 4.83 Å². The van der Waals surface area contributed by atoms with Gasteiger partial charge in [0, 0.05) is 10.2 Å². The molecule has 1 aromatic rings. The van der Waals surface area contributed by atoms with Gasteiger partial charge in [-0.1, -0.05) is 41.9 Å². The van der Waals surface area contributed by atoms with Crippen molar-refractivity contribution in [3.05, 3.63) is 24.3 Å². The van der Waals surface area contributed by atoms with Crippen LogP contribution in [0.4, 0.5) is 0 Å². The normalized spacial score (nSPS) is 25.3. The minimum Gasteiger partial charge on any atom is -0.493 e. The molecule has 2 nitrogen and oxygen atoms in total. The fourth-order valence-corrected chi connectivity index (χ4v) is 4.16. The number of rotatable bonds is 5. The number of ether oxygens (including phenoxy) is 2. The Bertz CT molecular complexity index is 401. The number of hydrogen-bond acceptors (Lipinski definition) is 2. The number of alkyl halides is 1. The quantitative estimate of drug-likeness (QED) is 0.749. The van der Waals surface area contributed by atoms with Gasteiger partial charge in [0.05, 0.1) is 7.11 Å². The number of para-hydroxylation sites is 2. The van der Waals surface area contributed by atoms with E-state index in [-0.39, 0.29) is 11.5 Å². The first-order chi connectivity index (χ1) is 8.67. The molecule has 2 atom stereocenters. The Morgan fingerprint density at radius 3 is 2.33 bits per heavy atom. The first-order valence-corrected chi connectivity index (χ1v) is 7.53. The molecule has 0 N–H and O–H groups in total. The van der Waals surface area contributed by atoms with E-state index in [0.717, 1.165) is 30.8 Å². The second-order valence-electron chi connectivity index (χ2n) is 4.90. The molecule has 1 aliphatic carbocycles. The number of benzene rings is 1. The molecule has 0 spiro atoms. The third-order valence-electron chi connectivity index (χ3n) is 4.34. The van der Waals surface area contributed by atoms with Crippen LogP contribution in [0.25, 0.3) is 0 Å². The fraction of sp³-hybridized carbons (Fsp3) is 0.600. The lowest BCUT2D eigenvalue weighted by Crippen LogP contribution is -2.56. The van der Waals surface area contributed by atoms with Crippen molar-refractivity contribution in [3.63, 3.8) is 0 Å². The molecule has 0 aliphatic heterocycles. The Labute approximate surface area is 118 Å². The van der Waals surface area contributed by atoms with E-state index in [1.165, 1.54) is 0 Å². The molecular formula is C15H21BrO2. The summed E-state index contributed by atoms with van der Waals surface area (Å²) in [6, 6.07) is 7.88. The zero-order chi connectivity index (χ0) is 13.2. The van der Waals surface area contributed by atoms with Crippen LogP contribution in [0.5, 0.6) is 11.5 Å². The third kappa shape index (κ3) is 2.13. The molecule has 18 heavy (non-hydrogen) atoms. The van der Waals surface area contributed by atoms with Crippen molar-refractivity contribution in [3.8, 4) is 11.5 Å². The molecular weight excluding hydrogens is 292 g/mol. The summed E-state index contributed by atoms with van der Waals surface area (Å²) in [5.41, 5.74) is 0.265. The summed E-state index contributed by atoms with van der Waals surface area (Å²) in [7, 11) is 1.68. The monoisotopic (exact) mass is 312 g/mol. The fourth-order valence-electron chi connectivity index (χ4n) is 2.88. The highest BCUT2D eigenvalue weighted by Gasteiger charge is 2.53. The Balaban J connectivity index is 2.15. The molecule has 1 aromatic carbocycles. The highest BCUT2D eigenvalue weighted by molar-refractivity contribution is 9.09. The molecule has 0 heterocycles. The van der Waals surface area contributed by atoms with Gasteiger partial charge < -0.3 is 9.47 Å². The van der Waals surface area contributed by atoms with Crippen LogP contribution in [-0.4, -0.2) is 18.0 Å². The lowest BCUT2D eigenvalue weighted by Gasteiger charge is -2.52. The van der Waals surface area contributed by atoms with Gasteiger partial charge in [0.2, 0.25) is 0 Å². The molecule has 0 radical (unpaired) electrons. The Morgan fingerprint density at radius 1 is 1.22 bits per heavy atom. The third-order valence-corrected chi connectivity index (χ3v) is 5.63. The molecule has 2 rings (SSSR count). The summed E-state index contributed by atoms with van der Waals surface area (Å²) < 4.78 is 11.5. The van der Waals surface area contributed by atoms with Gasteiger partial charge in [-0.3, -0.25) is 0 Å². The summed E-state index contributed by atoms with van der Waals surface area (Å²) >= 11 is 3.78. The number of hydrogen-bond donors (Lipinski definition) is 0. The Hall–Kier alpha value is -0.700. The minimum absolute atomic E-state index is 0.265. The predicted octanol–water partition coefficient (Wildman–Crippen LogP) is 4.42.